The Bertz CT molecular complexity index is 590. The highest BCUT2D eigenvalue weighted by molar-refractivity contribution is 7.98. The molecule has 18 heavy (non-hydrogen) atoms. The molecule has 0 aliphatic rings. The Morgan fingerprint density at radius 2 is 2.28 bits per heavy atom. The number of esters is 1. The Kier molecular flexibility index (Phi) is 3.10. The van der Waals surface area contributed by atoms with Crippen LogP contribution in [0.3, 0.4) is 0 Å². The fourth-order valence-corrected chi connectivity index (χ4v) is 1.94. The number of thioether (sulfide) groups is 1. The maximum atomic E-state index is 11.6. The summed E-state index contributed by atoms with van der Waals surface area (Å²) in [6, 6.07) is 0. The molecule has 0 atom stereocenters. The molecule has 2 rings (SSSR count). The number of hydrogen-bond donors (Lipinski definition) is 2. The summed E-state index contributed by atoms with van der Waals surface area (Å²) in [6.45, 7) is 0. The lowest BCUT2D eigenvalue weighted by atomic mass is 10.3. The van der Waals surface area contributed by atoms with Gasteiger partial charge in [-0.25, -0.2) is 9.47 Å². The number of rotatable bonds is 3. The molecule has 0 saturated carbocycles. The number of carbonyl (C=O) groups is 1. The Hall–Kier alpha value is -2.23. The van der Waals surface area contributed by atoms with E-state index in [0.717, 1.165) is 4.68 Å². The highest BCUT2D eigenvalue weighted by Crippen LogP contribution is 2.26. The van der Waals surface area contributed by atoms with Gasteiger partial charge in [-0.3, -0.25) is 0 Å². The third-order valence-corrected chi connectivity index (χ3v) is 2.89. The summed E-state index contributed by atoms with van der Waals surface area (Å²) in [5.41, 5.74) is 6.05. The minimum absolute atomic E-state index is 0.103. The molecule has 0 aliphatic heterocycles. The smallest absolute Gasteiger partial charge is 0.344 e. The number of carbonyl (C=O) groups excluding carboxylic acids is 1. The second-order valence-electron chi connectivity index (χ2n) is 3.21. The molecule has 0 fully saturated rings. The van der Waals surface area contributed by atoms with Crippen LogP contribution in [0.1, 0.15) is 10.4 Å². The van der Waals surface area contributed by atoms with E-state index in [0.29, 0.717) is 5.03 Å². The number of nitrogens with two attached hydrogens (primary N) is 2. The van der Waals surface area contributed by atoms with E-state index in [1.165, 1.54) is 29.9 Å². The Morgan fingerprint density at radius 1 is 1.56 bits per heavy atom. The van der Waals surface area contributed by atoms with Gasteiger partial charge in [0.15, 0.2) is 0 Å². The third kappa shape index (κ3) is 1.76. The van der Waals surface area contributed by atoms with Crippen LogP contribution in [0, 0.1) is 0 Å². The number of anilines is 1. The van der Waals surface area contributed by atoms with E-state index < -0.39 is 5.97 Å². The molecule has 2 aromatic heterocycles. The van der Waals surface area contributed by atoms with Gasteiger partial charge in [0.05, 0.1) is 7.11 Å². The van der Waals surface area contributed by atoms with Gasteiger partial charge in [-0.1, -0.05) is 0 Å². The van der Waals surface area contributed by atoms with Gasteiger partial charge in [-0.2, -0.15) is 9.78 Å². The summed E-state index contributed by atoms with van der Waals surface area (Å²) in [7, 11) is 1.27. The highest BCUT2D eigenvalue weighted by atomic mass is 32.2. The first-order valence-corrected chi connectivity index (χ1v) is 5.98. The standard InChI is InChI=1S/C8H11N7O2S/c1-17-7(16)4-5(9)15(13-6(4)18-2)8-12-11-3-14(8)10/h3H,9-10H2,1-2H3. The molecular formula is C8H11N7O2S. The predicted octanol–water partition coefficient (Wildman–Crippen LogP) is -0.732. The minimum Gasteiger partial charge on any atom is -0.465 e. The Morgan fingerprint density at radius 3 is 2.78 bits per heavy atom. The summed E-state index contributed by atoms with van der Waals surface area (Å²) in [5.74, 6) is 5.35. The number of ether oxygens (including phenoxy) is 1. The summed E-state index contributed by atoms with van der Waals surface area (Å²) < 4.78 is 7.05. The lowest BCUT2D eigenvalue weighted by Gasteiger charge is -2.02. The maximum absolute atomic E-state index is 11.6. The zero-order chi connectivity index (χ0) is 13.3. The summed E-state index contributed by atoms with van der Waals surface area (Å²) in [5, 5.41) is 12.0. The van der Waals surface area contributed by atoms with Crippen molar-refractivity contribution in [3.63, 3.8) is 0 Å². The van der Waals surface area contributed by atoms with Gasteiger partial charge in [-0.05, 0) is 6.26 Å². The van der Waals surface area contributed by atoms with E-state index in [9.17, 15) is 4.79 Å². The number of nitrogen functional groups attached to an aromatic ring is 2. The number of methoxy groups -OCH3 is 1. The quantitative estimate of drug-likeness (QED) is 0.424. The predicted molar refractivity (Wildman–Crippen MR) is 64.8 cm³/mol. The molecule has 2 heterocycles. The zero-order valence-corrected chi connectivity index (χ0v) is 10.5. The molecule has 9 nitrogen and oxygen atoms in total. The summed E-state index contributed by atoms with van der Waals surface area (Å²) in [4.78, 5) is 11.6. The average molecular weight is 269 g/mol. The van der Waals surface area contributed by atoms with Crippen molar-refractivity contribution in [2.24, 2.45) is 0 Å². The normalized spacial score (nSPS) is 10.6. The SMILES string of the molecule is COC(=O)c1c(SC)nn(-c2nncn2N)c1N. The third-order valence-electron chi connectivity index (χ3n) is 2.22. The second kappa shape index (κ2) is 4.56. The molecule has 0 aliphatic carbocycles. The van der Waals surface area contributed by atoms with E-state index >= 15 is 0 Å². The van der Waals surface area contributed by atoms with Gasteiger partial charge < -0.3 is 16.3 Å². The first-order chi connectivity index (χ1) is 8.60. The van der Waals surface area contributed by atoms with Crippen molar-refractivity contribution in [2.45, 2.75) is 5.03 Å². The number of hydrogen-bond acceptors (Lipinski definition) is 8. The van der Waals surface area contributed by atoms with Crippen LogP contribution < -0.4 is 11.6 Å². The lowest BCUT2D eigenvalue weighted by Crippen LogP contribution is -2.16. The fraction of sp³-hybridized carbons (Fsp3) is 0.250. The van der Waals surface area contributed by atoms with Gasteiger partial charge in [0.25, 0.3) is 5.95 Å². The van der Waals surface area contributed by atoms with Crippen molar-refractivity contribution in [2.75, 3.05) is 24.9 Å². The molecule has 2 aromatic rings. The van der Waals surface area contributed by atoms with Gasteiger partial charge in [-0.15, -0.1) is 22.0 Å². The van der Waals surface area contributed by atoms with Crippen molar-refractivity contribution in [1.29, 1.82) is 0 Å². The Balaban J connectivity index is 2.61. The molecular weight excluding hydrogens is 258 g/mol. The van der Waals surface area contributed by atoms with Crippen LogP contribution in [0.15, 0.2) is 11.4 Å². The van der Waals surface area contributed by atoms with E-state index in [4.69, 9.17) is 11.6 Å². The van der Waals surface area contributed by atoms with Crippen molar-refractivity contribution < 1.29 is 9.53 Å². The topological polar surface area (TPSA) is 127 Å². The number of aromatic nitrogens is 5. The Labute approximate surface area is 106 Å². The number of nitrogens with zero attached hydrogens (tertiary/aromatic N) is 5. The molecule has 0 aromatic carbocycles. The van der Waals surface area contributed by atoms with Crippen molar-refractivity contribution in [3.05, 3.63) is 11.9 Å². The minimum atomic E-state index is -0.564. The van der Waals surface area contributed by atoms with Crippen molar-refractivity contribution in [1.82, 2.24) is 24.7 Å². The molecule has 0 spiro atoms. The van der Waals surface area contributed by atoms with Crippen LogP contribution in [-0.2, 0) is 4.74 Å². The monoisotopic (exact) mass is 269 g/mol. The van der Waals surface area contributed by atoms with Crippen LogP contribution >= 0.6 is 11.8 Å². The van der Waals surface area contributed by atoms with E-state index in [2.05, 4.69) is 20.0 Å². The second-order valence-corrected chi connectivity index (χ2v) is 4.01. The van der Waals surface area contributed by atoms with E-state index in [1.807, 2.05) is 0 Å². The van der Waals surface area contributed by atoms with Crippen LogP contribution in [0.2, 0.25) is 0 Å². The van der Waals surface area contributed by atoms with Crippen molar-refractivity contribution >= 4 is 23.5 Å². The molecule has 4 N–H and O–H groups in total. The van der Waals surface area contributed by atoms with Crippen LogP contribution in [0.4, 0.5) is 5.82 Å². The fourth-order valence-electron chi connectivity index (χ4n) is 1.39. The maximum Gasteiger partial charge on any atom is 0.344 e. The summed E-state index contributed by atoms with van der Waals surface area (Å²) in [6.07, 6.45) is 3.07. The lowest BCUT2D eigenvalue weighted by molar-refractivity contribution is 0.0598. The molecule has 0 unspecified atom stereocenters. The van der Waals surface area contributed by atoms with Gasteiger partial charge >= 0.3 is 5.97 Å². The molecule has 96 valence electrons. The van der Waals surface area contributed by atoms with Gasteiger partial charge in [0.2, 0.25) is 0 Å². The van der Waals surface area contributed by atoms with E-state index in [1.54, 1.807) is 6.26 Å². The van der Waals surface area contributed by atoms with Crippen molar-refractivity contribution in [3.8, 4) is 5.95 Å². The van der Waals surface area contributed by atoms with E-state index in [-0.39, 0.29) is 17.3 Å². The molecule has 0 radical (unpaired) electrons. The van der Waals surface area contributed by atoms with Crippen LogP contribution in [0.5, 0.6) is 0 Å². The highest BCUT2D eigenvalue weighted by Gasteiger charge is 2.24. The molecule has 10 heteroatoms. The first-order valence-electron chi connectivity index (χ1n) is 4.76. The molecule has 0 bridgehead atoms. The molecule has 0 saturated heterocycles. The largest absolute Gasteiger partial charge is 0.465 e. The zero-order valence-electron chi connectivity index (χ0n) is 9.69. The van der Waals surface area contributed by atoms with Crippen LogP contribution in [-0.4, -0.2) is 44.0 Å². The van der Waals surface area contributed by atoms with Gasteiger partial charge in [0, 0.05) is 0 Å². The van der Waals surface area contributed by atoms with Crippen LogP contribution in [0.25, 0.3) is 5.95 Å². The summed E-state index contributed by atoms with van der Waals surface area (Å²) >= 11 is 1.27. The molecule has 0 amide bonds. The average Bonchev–Trinajstić information content (AvgIpc) is 2.92. The van der Waals surface area contributed by atoms with Gasteiger partial charge in [0.1, 0.15) is 22.7 Å². The first kappa shape index (κ1) is 12.2.